The fraction of sp³-hybridized carbons (Fsp3) is 0.538. The van der Waals surface area contributed by atoms with Gasteiger partial charge in [-0.25, -0.2) is 0 Å². The third-order valence-corrected chi connectivity index (χ3v) is 11.0. The van der Waals surface area contributed by atoms with Crippen LogP contribution in [0.4, 0.5) is 0 Å². The fourth-order valence-corrected chi connectivity index (χ4v) is 9.10. The lowest BCUT2D eigenvalue weighted by Gasteiger charge is -2.44. The van der Waals surface area contributed by atoms with Crippen LogP contribution < -0.4 is 10.4 Å². The molecule has 2 aromatic carbocycles. The Morgan fingerprint density at radius 2 is 1.47 bits per heavy atom. The first-order chi connectivity index (χ1) is 14.2. The number of benzene rings is 2. The molecular weight excluding hydrogens is 388 g/mol. The lowest BCUT2D eigenvalue weighted by atomic mass is 9.99. The van der Waals surface area contributed by atoms with Gasteiger partial charge in [0.2, 0.25) is 0 Å². The van der Waals surface area contributed by atoms with Crippen LogP contribution in [0.25, 0.3) is 0 Å². The summed E-state index contributed by atoms with van der Waals surface area (Å²) in [6.45, 7) is 13.9. The van der Waals surface area contributed by atoms with Crippen molar-refractivity contribution in [2.75, 3.05) is 6.61 Å². The van der Waals surface area contributed by atoms with Gasteiger partial charge in [-0.15, -0.1) is 0 Å². The molecule has 0 aliphatic carbocycles. The topological polar surface area (TPSA) is 27.7 Å². The molecule has 3 atom stereocenters. The van der Waals surface area contributed by atoms with Crippen LogP contribution in [0.5, 0.6) is 0 Å². The maximum absolute atomic E-state index is 7.05. The Morgan fingerprint density at radius 1 is 0.933 bits per heavy atom. The molecule has 0 saturated carbocycles. The molecule has 0 N–H and O–H groups in total. The van der Waals surface area contributed by atoms with Crippen molar-refractivity contribution >= 4 is 18.7 Å². The molecule has 1 saturated heterocycles. The van der Waals surface area contributed by atoms with E-state index in [1.165, 1.54) is 10.4 Å². The number of rotatable bonds is 7. The van der Waals surface area contributed by atoms with E-state index < -0.39 is 8.32 Å². The average molecular weight is 427 g/mol. The standard InChI is InChI=1S/C26H38O3Si/c1-20(2)28-25-21(3)17-18-22(29-25)19-27-30(26(4,5)6,23-13-9-7-10-14-23)24-15-11-8-12-16-24/h7-16,20-22,25H,17-19H2,1-6H3/t21-,22+,25+/m1/s1. The zero-order valence-corrected chi connectivity index (χ0v) is 20.4. The molecule has 0 radical (unpaired) electrons. The average Bonchev–Trinajstić information content (AvgIpc) is 2.71. The molecule has 164 valence electrons. The molecule has 3 nitrogen and oxygen atoms in total. The lowest BCUT2D eigenvalue weighted by Crippen LogP contribution is -2.67. The van der Waals surface area contributed by atoms with Crippen molar-refractivity contribution in [2.45, 2.75) is 77.9 Å². The molecule has 1 heterocycles. The fourth-order valence-electron chi connectivity index (χ4n) is 4.51. The lowest BCUT2D eigenvalue weighted by molar-refractivity contribution is -0.236. The number of ether oxygens (including phenoxy) is 2. The quantitative estimate of drug-likeness (QED) is 0.575. The van der Waals surface area contributed by atoms with Crippen molar-refractivity contribution in [3.63, 3.8) is 0 Å². The van der Waals surface area contributed by atoms with Gasteiger partial charge in [0, 0.05) is 5.92 Å². The highest BCUT2D eigenvalue weighted by molar-refractivity contribution is 6.99. The summed E-state index contributed by atoms with van der Waals surface area (Å²) in [5, 5.41) is 2.59. The van der Waals surface area contributed by atoms with Gasteiger partial charge < -0.3 is 13.9 Å². The Hall–Kier alpha value is -1.46. The molecule has 1 aliphatic rings. The second-order valence-electron chi connectivity index (χ2n) is 9.84. The number of hydrogen-bond acceptors (Lipinski definition) is 3. The zero-order valence-electron chi connectivity index (χ0n) is 19.4. The van der Waals surface area contributed by atoms with Crippen LogP contribution in [-0.2, 0) is 13.9 Å². The van der Waals surface area contributed by atoms with Crippen LogP contribution in [0.1, 0.15) is 54.4 Å². The zero-order chi connectivity index (χ0) is 21.8. The maximum Gasteiger partial charge on any atom is 0.261 e. The molecule has 0 aromatic heterocycles. The van der Waals surface area contributed by atoms with Gasteiger partial charge in [-0.3, -0.25) is 0 Å². The van der Waals surface area contributed by atoms with Crippen molar-refractivity contribution in [1.29, 1.82) is 0 Å². The smallest absolute Gasteiger partial charge is 0.261 e. The minimum Gasteiger partial charge on any atom is -0.405 e. The van der Waals surface area contributed by atoms with Crippen LogP contribution in [0.3, 0.4) is 0 Å². The predicted octanol–water partition coefficient (Wildman–Crippen LogP) is 5.13. The van der Waals surface area contributed by atoms with Gasteiger partial charge in [-0.1, -0.05) is 88.4 Å². The first-order valence-electron chi connectivity index (χ1n) is 11.3. The Morgan fingerprint density at radius 3 is 1.93 bits per heavy atom. The summed E-state index contributed by atoms with van der Waals surface area (Å²) in [6.07, 6.45) is 2.19. The van der Waals surface area contributed by atoms with E-state index in [-0.39, 0.29) is 23.5 Å². The second-order valence-corrected chi connectivity index (χ2v) is 14.1. The molecule has 3 rings (SSSR count). The molecule has 0 amide bonds. The van der Waals surface area contributed by atoms with Crippen molar-refractivity contribution in [1.82, 2.24) is 0 Å². The van der Waals surface area contributed by atoms with E-state index in [1.54, 1.807) is 0 Å². The minimum absolute atomic E-state index is 0.0223. The van der Waals surface area contributed by atoms with E-state index in [0.717, 1.165) is 12.8 Å². The van der Waals surface area contributed by atoms with Gasteiger partial charge in [0.1, 0.15) is 0 Å². The van der Waals surface area contributed by atoms with Crippen LogP contribution in [0.15, 0.2) is 60.7 Å². The first kappa shape index (κ1) is 23.2. The molecule has 2 aromatic rings. The van der Waals surface area contributed by atoms with Gasteiger partial charge >= 0.3 is 0 Å². The molecular formula is C26H38O3Si. The molecule has 0 spiro atoms. The first-order valence-corrected chi connectivity index (χ1v) is 13.2. The highest BCUT2D eigenvalue weighted by Crippen LogP contribution is 2.37. The largest absolute Gasteiger partial charge is 0.405 e. The van der Waals surface area contributed by atoms with Gasteiger partial charge in [-0.2, -0.15) is 0 Å². The summed E-state index contributed by atoms with van der Waals surface area (Å²) in [5.74, 6) is 0.413. The highest BCUT2D eigenvalue weighted by atomic mass is 28.4. The molecule has 1 fully saturated rings. The van der Waals surface area contributed by atoms with E-state index in [9.17, 15) is 0 Å². The Bertz CT molecular complexity index is 730. The van der Waals surface area contributed by atoms with Crippen molar-refractivity contribution in [3.8, 4) is 0 Å². The van der Waals surface area contributed by atoms with Crippen LogP contribution in [-0.4, -0.2) is 33.4 Å². The summed E-state index contributed by atoms with van der Waals surface area (Å²) in [4.78, 5) is 0. The molecule has 0 bridgehead atoms. The van der Waals surface area contributed by atoms with Crippen molar-refractivity contribution in [3.05, 3.63) is 60.7 Å². The Kier molecular flexibility index (Phi) is 7.56. The van der Waals surface area contributed by atoms with Gasteiger partial charge in [0.15, 0.2) is 6.29 Å². The van der Waals surface area contributed by atoms with E-state index >= 15 is 0 Å². The molecule has 1 aliphatic heterocycles. The third-order valence-electron chi connectivity index (χ3n) is 6.04. The summed E-state index contributed by atoms with van der Waals surface area (Å²) in [7, 11) is -2.53. The molecule has 0 unspecified atom stereocenters. The van der Waals surface area contributed by atoms with E-state index in [1.807, 2.05) is 0 Å². The van der Waals surface area contributed by atoms with Gasteiger partial charge in [0.25, 0.3) is 8.32 Å². The molecule has 4 heteroatoms. The second kappa shape index (κ2) is 9.78. The van der Waals surface area contributed by atoms with E-state index in [0.29, 0.717) is 12.5 Å². The predicted molar refractivity (Wildman–Crippen MR) is 127 cm³/mol. The normalized spacial score (nSPS) is 23.0. The van der Waals surface area contributed by atoms with Crippen LogP contribution >= 0.6 is 0 Å². The van der Waals surface area contributed by atoms with Crippen LogP contribution in [0, 0.1) is 5.92 Å². The van der Waals surface area contributed by atoms with Crippen molar-refractivity contribution in [2.24, 2.45) is 5.92 Å². The van der Waals surface area contributed by atoms with Gasteiger partial charge in [-0.05, 0) is 42.1 Å². The molecule has 30 heavy (non-hydrogen) atoms. The van der Waals surface area contributed by atoms with Crippen LogP contribution in [0.2, 0.25) is 5.04 Å². The Labute approximate surface area is 183 Å². The minimum atomic E-state index is -2.53. The maximum atomic E-state index is 7.05. The third kappa shape index (κ3) is 5.05. The van der Waals surface area contributed by atoms with Gasteiger partial charge in [0.05, 0.1) is 18.8 Å². The summed E-state index contributed by atoms with van der Waals surface area (Å²) < 4.78 is 19.5. The van der Waals surface area contributed by atoms with E-state index in [4.69, 9.17) is 13.9 Å². The van der Waals surface area contributed by atoms with E-state index in [2.05, 4.69) is 102 Å². The number of hydrogen-bond donors (Lipinski definition) is 0. The SMILES string of the molecule is CC(C)O[C@H]1O[C@H](CO[Si](c2ccccc2)(c2ccccc2)C(C)(C)C)CC[C@H]1C. The van der Waals surface area contributed by atoms with Crippen molar-refractivity contribution < 1.29 is 13.9 Å². The summed E-state index contributed by atoms with van der Waals surface area (Å²) in [5.41, 5.74) is 0. The Balaban J connectivity index is 1.90. The summed E-state index contributed by atoms with van der Waals surface area (Å²) >= 11 is 0. The highest BCUT2D eigenvalue weighted by Gasteiger charge is 2.50. The summed E-state index contributed by atoms with van der Waals surface area (Å²) in [6, 6.07) is 21.6. The monoisotopic (exact) mass is 426 g/mol.